The third-order valence-electron chi connectivity index (χ3n) is 2.99. The molecular formula is C13H14ClFN2S. The molecule has 96 valence electrons. The lowest BCUT2D eigenvalue weighted by molar-refractivity contribution is 0.626. The first-order valence-corrected chi connectivity index (χ1v) is 6.77. The molecule has 0 fully saturated rings. The molecule has 2 N–H and O–H groups in total. The van der Waals surface area contributed by atoms with Crippen LogP contribution in [0.15, 0.2) is 29.6 Å². The van der Waals surface area contributed by atoms with Crippen molar-refractivity contribution in [3.8, 4) is 0 Å². The van der Waals surface area contributed by atoms with Gasteiger partial charge in [0.25, 0.3) is 0 Å². The molecule has 1 unspecified atom stereocenters. The molecule has 0 bridgehead atoms. The highest BCUT2D eigenvalue weighted by molar-refractivity contribution is 7.10. The number of benzene rings is 1. The van der Waals surface area contributed by atoms with Crippen molar-refractivity contribution in [3.05, 3.63) is 45.4 Å². The Morgan fingerprint density at radius 3 is 2.78 bits per heavy atom. The van der Waals surface area contributed by atoms with Gasteiger partial charge in [-0.05, 0) is 24.4 Å². The molecule has 0 aliphatic rings. The molecule has 0 saturated heterocycles. The summed E-state index contributed by atoms with van der Waals surface area (Å²) in [5.74, 6) is -0.453. The average molecular weight is 285 g/mol. The normalized spacial score (nSPS) is 12.4. The standard InChI is InChI=1S/C13H14ClFN2S/c1-8(13-4-3-5-18-13)17(2)12-7-10(15)9(14)6-11(12)16/h3-8H,16H2,1-2H3. The van der Waals surface area contributed by atoms with E-state index in [1.165, 1.54) is 17.0 Å². The molecule has 2 rings (SSSR count). The van der Waals surface area contributed by atoms with Gasteiger partial charge in [-0.25, -0.2) is 4.39 Å². The Bertz CT molecular complexity index is 542. The molecule has 1 aromatic carbocycles. The van der Waals surface area contributed by atoms with E-state index in [1.807, 2.05) is 29.5 Å². The van der Waals surface area contributed by atoms with Gasteiger partial charge < -0.3 is 10.6 Å². The van der Waals surface area contributed by atoms with Crippen molar-refractivity contribution < 1.29 is 4.39 Å². The number of thiophene rings is 1. The highest BCUT2D eigenvalue weighted by Crippen LogP contribution is 2.34. The molecule has 0 radical (unpaired) electrons. The molecule has 1 heterocycles. The molecular weight excluding hydrogens is 271 g/mol. The summed E-state index contributed by atoms with van der Waals surface area (Å²) in [6.45, 7) is 2.05. The molecule has 0 spiro atoms. The number of halogens is 2. The Kier molecular flexibility index (Phi) is 3.78. The Hall–Kier alpha value is -1.26. The van der Waals surface area contributed by atoms with Gasteiger partial charge in [0.15, 0.2) is 0 Å². The minimum atomic E-state index is -0.453. The maximum Gasteiger partial charge on any atom is 0.144 e. The van der Waals surface area contributed by atoms with Crippen molar-refractivity contribution in [1.29, 1.82) is 0 Å². The van der Waals surface area contributed by atoms with Gasteiger partial charge in [0.2, 0.25) is 0 Å². The predicted molar refractivity (Wildman–Crippen MR) is 77.0 cm³/mol. The molecule has 2 nitrogen and oxygen atoms in total. The maximum absolute atomic E-state index is 13.5. The van der Waals surface area contributed by atoms with E-state index in [0.717, 1.165) is 0 Å². The number of rotatable bonds is 3. The summed E-state index contributed by atoms with van der Waals surface area (Å²) >= 11 is 7.36. The van der Waals surface area contributed by atoms with Crippen molar-refractivity contribution in [1.82, 2.24) is 0 Å². The number of nitrogens with two attached hydrogens (primary N) is 1. The van der Waals surface area contributed by atoms with Crippen molar-refractivity contribution in [3.63, 3.8) is 0 Å². The summed E-state index contributed by atoms with van der Waals surface area (Å²) in [6, 6.07) is 7.00. The van der Waals surface area contributed by atoms with Gasteiger partial charge in [-0.3, -0.25) is 0 Å². The highest BCUT2D eigenvalue weighted by Gasteiger charge is 2.17. The van der Waals surface area contributed by atoms with E-state index in [-0.39, 0.29) is 11.1 Å². The van der Waals surface area contributed by atoms with E-state index in [0.29, 0.717) is 11.4 Å². The number of hydrogen-bond acceptors (Lipinski definition) is 3. The predicted octanol–water partition coefficient (Wildman–Crippen LogP) is 4.32. The minimum absolute atomic E-state index is 0.0495. The summed E-state index contributed by atoms with van der Waals surface area (Å²) in [7, 11) is 1.89. The van der Waals surface area contributed by atoms with Crippen LogP contribution in [0.1, 0.15) is 17.8 Å². The van der Waals surface area contributed by atoms with Gasteiger partial charge in [0, 0.05) is 18.0 Å². The molecule has 0 amide bonds. The minimum Gasteiger partial charge on any atom is -0.397 e. The first-order chi connectivity index (χ1) is 8.50. The summed E-state index contributed by atoms with van der Waals surface area (Å²) < 4.78 is 13.5. The quantitative estimate of drug-likeness (QED) is 0.851. The first-order valence-electron chi connectivity index (χ1n) is 5.51. The molecule has 0 aliphatic carbocycles. The van der Waals surface area contributed by atoms with E-state index in [4.69, 9.17) is 17.3 Å². The van der Waals surface area contributed by atoms with Crippen LogP contribution in [0.5, 0.6) is 0 Å². The van der Waals surface area contributed by atoms with Gasteiger partial charge >= 0.3 is 0 Å². The van der Waals surface area contributed by atoms with Crippen LogP contribution in [0.2, 0.25) is 5.02 Å². The van der Waals surface area contributed by atoms with Crippen molar-refractivity contribution in [2.45, 2.75) is 13.0 Å². The molecule has 1 aromatic heterocycles. The van der Waals surface area contributed by atoms with Crippen LogP contribution in [0.25, 0.3) is 0 Å². The Balaban J connectivity index is 2.34. The fraction of sp³-hybridized carbons (Fsp3) is 0.231. The Labute approximate surface area is 115 Å². The fourth-order valence-electron chi connectivity index (χ4n) is 1.79. The van der Waals surface area contributed by atoms with Crippen molar-refractivity contribution >= 4 is 34.3 Å². The second-order valence-corrected chi connectivity index (χ2v) is 5.51. The first kappa shape index (κ1) is 13.2. The lowest BCUT2D eigenvalue weighted by Crippen LogP contribution is -2.22. The smallest absolute Gasteiger partial charge is 0.144 e. The van der Waals surface area contributed by atoms with Crippen molar-refractivity contribution in [2.24, 2.45) is 0 Å². The average Bonchev–Trinajstić information content (AvgIpc) is 2.85. The van der Waals surface area contributed by atoms with Crippen LogP contribution in [-0.2, 0) is 0 Å². The number of nitrogens with zero attached hydrogens (tertiary/aromatic N) is 1. The number of anilines is 2. The van der Waals surface area contributed by atoms with Crippen LogP contribution in [0.4, 0.5) is 15.8 Å². The third kappa shape index (κ3) is 2.44. The Morgan fingerprint density at radius 2 is 2.17 bits per heavy atom. The van der Waals surface area contributed by atoms with E-state index in [9.17, 15) is 4.39 Å². The third-order valence-corrected chi connectivity index (χ3v) is 4.32. The van der Waals surface area contributed by atoms with Gasteiger partial charge in [0.05, 0.1) is 22.4 Å². The monoisotopic (exact) mass is 284 g/mol. The van der Waals surface area contributed by atoms with E-state index < -0.39 is 5.82 Å². The lowest BCUT2D eigenvalue weighted by atomic mass is 10.2. The zero-order chi connectivity index (χ0) is 13.3. The topological polar surface area (TPSA) is 29.3 Å². The Morgan fingerprint density at radius 1 is 1.44 bits per heavy atom. The van der Waals surface area contributed by atoms with Crippen molar-refractivity contribution in [2.75, 3.05) is 17.7 Å². The molecule has 0 aliphatic heterocycles. The van der Waals surface area contributed by atoms with Crippen LogP contribution in [0.3, 0.4) is 0 Å². The molecule has 2 aromatic rings. The molecule has 5 heteroatoms. The summed E-state index contributed by atoms with van der Waals surface area (Å²) in [5, 5.41) is 2.07. The number of nitrogen functional groups attached to an aromatic ring is 1. The van der Waals surface area contributed by atoms with Gasteiger partial charge in [-0.15, -0.1) is 11.3 Å². The van der Waals surface area contributed by atoms with Crippen LogP contribution in [0, 0.1) is 5.82 Å². The lowest BCUT2D eigenvalue weighted by Gasteiger charge is -2.27. The zero-order valence-electron chi connectivity index (χ0n) is 10.2. The highest BCUT2D eigenvalue weighted by atomic mass is 35.5. The van der Waals surface area contributed by atoms with Crippen LogP contribution >= 0.6 is 22.9 Å². The summed E-state index contributed by atoms with van der Waals surface area (Å²) in [4.78, 5) is 3.15. The number of hydrogen-bond donors (Lipinski definition) is 1. The van der Waals surface area contributed by atoms with E-state index in [2.05, 4.69) is 6.92 Å². The maximum atomic E-state index is 13.5. The van der Waals surface area contributed by atoms with E-state index in [1.54, 1.807) is 11.3 Å². The van der Waals surface area contributed by atoms with Gasteiger partial charge in [0.1, 0.15) is 5.82 Å². The fourth-order valence-corrected chi connectivity index (χ4v) is 2.78. The SMILES string of the molecule is CC(c1cccs1)N(C)c1cc(F)c(Cl)cc1N. The largest absolute Gasteiger partial charge is 0.397 e. The second kappa shape index (κ2) is 5.16. The van der Waals surface area contributed by atoms with Gasteiger partial charge in [-0.1, -0.05) is 17.7 Å². The van der Waals surface area contributed by atoms with E-state index >= 15 is 0 Å². The zero-order valence-corrected chi connectivity index (χ0v) is 11.7. The molecule has 1 atom stereocenters. The molecule has 0 saturated carbocycles. The van der Waals surface area contributed by atoms with Crippen LogP contribution < -0.4 is 10.6 Å². The second-order valence-electron chi connectivity index (χ2n) is 4.13. The van der Waals surface area contributed by atoms with Crippen LogP contribution in [-0.4, -0.2) is 7.05 Å². The summed E-state index contributed by atoms with van der Waals surface area (Å²) in [5.41, 5.74) is 7.02. The molecule has 18 heavy (non-hydrogen) atoms. The summed E-state index contributed by atoms with van der Waals surface area (Å²) in [6.07, 6.45) is 0. The van der Waals surface area contributed by atoms with Gasteiger partial charge in [-0.2, -0.15) is 0 Å².